The van der Waals surface area contributed by atoms with Gasteiger partial charge in [-0.15, -0.1) is 0 Å². The van der Waals surface area contributed by atoms with Crippen molar-refractivity contribution in [1.82, 2.24) is 29.6 Å². The highest BCUT2D eigenvalue weighted by molar-refractivity contribution is 5.83. The first kappa shape index (κ1) is 77.0. The second-order valence-corrected chi connectivity index (χ2v) is 26.5. The molecule has 2 aromatic heterocycles. The van der Waals surface area contributed by atoms with Crippen LogP contribution in [0.25, 0.3) is 22.3 Å². The maximum absolute atomic E-state index is 16.1. The fraction of sp³-hybridized carbons (Fsp3) is 0.486. The number of nitrogens with one attached hydrogen (secondary N) is 2. The van der Waals surface area contributed by atoms with Crippen LogP contribution >= 0.6 is 0 Å². The molecular weight excluding hydrogens is 1280 g/mol. The van der Waals surface area contributed by atoms with Crippen molar-refractivity contribution < 1.29 is 73.6 Å². The lowest BCUT2D eigenvalue weighted by atomic mass is 9.90. The summed E-state index contributed by atoms with van der Waals surface area (Å²) in [7, 11) is 3.11. The molecule has 98 heavy (non-hydrogen) atoms. The van der Waals surface area contributed by atoms with Crippen LogP contribution in [0.1, 0.15) is 164 Å². The van der Waals surface area contributed by atoms with Gasteiger partial charge in [-0.2, -0.15) is 26.3 Å². The summed E-state index contributed by atoms with van der Waals surface area (Å²) < 4.78 is 134. The van der Waals surface area contributed by atoms with Crippen molar-refractivity contribution in [1.29, 1.82) is 0 Å². The van der Waals surface area contributed by atoms with E-state index < -0.39 is 107 Å². The van der Waals surface area contributed by atoms with Crippen LogP contribution in [0.5, 0.6) is 11.5 Å². The van der Waals surface area contributed by atoms with E-state index in [1.165, 1.54) is 6.07 Å². The number of likely N-dealkylation sites (tertiary alicyclic amines) is 2. The molecule has 2 aliphatic rings. The number of aryl methyl sites for hydroxylation is 6. The molecule has 8 rings (SSSR count). The van der Waals surface area contributed by atoms with Gasteiger partial charge < -0.3 is 48.9 Å². The monoisotopic (exact) mass is 1370 g/mol. The van der Waals surface area contributed by atoms with Crippen molar-refractivity contribution in [3.8, 4) is 33.8 Å². The number of carboxylic acid groups (broad SMARTS) is 1. The number of ether oxygens (including phenoxy) is 3. The number of carboxylic acids is 1. The van der Waals surface area contributed by atoms with Gasteiger partial charge in [-0.1, -0.05) is 27.7 Å². The molecule has 0 radical (unpaired) electrons. The predicted molar refractivity (Wildman–Crippen MR) is 358 cm³/mol. The lowest BCUT2D eigenvalue weighted by Crippen LogP contribution is -2.41. The first-order chi connectivity index (χ1) is 46.0. The summed E-state index contributed by atoms with van der Waals surface area (Å²) in [6.45, 7) is 23.5. The van der Waals surface area contributed by atoms with E-state index in [1.54, 1.807) is 67.0 Å². The van der Waals surface area contributed by atoms with Crippen LogP contribution in [-0.4, -0.2) is 108 Å². The summed E-state index contributed by atoms with van der Waals surface area (Å²) in [4.78, 5) is 83.7. The number of carbonyl (C=O) groups excluding carboxylic acids is 3. The summed E-state index contributed by atoms with van der Waals surface area (Å²) in [5, 5.41) is 15.3. The average Bonchev–Trinajstić information content (AvgIpc) is 0.871. The van der Waals surface area contributed by atoms with Crippen LogP contribution in [-0.2, 0) is 49.1 Å². The Balaban J connectivity index is 0.000000276. The first-order valence-corrected chi connectivity index (χ1v) is 33.0. The standard InChI is InChI=1S/C38H47F4N3O5.C36H43F4N3O5/c1-8-50-34(47)20-31(29-18-27(15-25(6)36(29)39)35-23(4)16-28(49-7)17-24(35)5)43-37(48)32(14-22(2)3)45-21-26(10-13-44-11-9-12-44)30(19-33(45)46)38(40,41)42;1-20(2)12-30(43-19-24(8-11-42-9-7-10-42)28(17-31(43)44)36(38,39)40)35(47)41-29(18-32(45)46)27-16-25(13-23(5)34(27)37)33-21(3)14-26(48-6)15-22(33)4/h15-19,21-22,31-32H,8-14,20H2,1-7H3,(H,43,48);13-17,19-20,29-30H,7-12,18H2,1-6H3,(H,41,47)(H,45,46)/t31-,32?;29-,30?/m00/s1. The summed E-state index contributed by atoms with van der Waals surface area (Å²) in [6.07, 6.45) is -6.24. The van der Waals surface area contributed by atoms with Gasteiger partial charge in [0.25, 0.3) is 11.1 Å². The number of pyridine rings is 2. The van der Waals surface area contributed by atoms with Crippen molar-refractivity contribution in [2.45, 2.75) is 164 Å². The minimum atomic E-state index is -4.77. The quantitative estimate of drug-likeness (QED) is 0.0327. The number of nitrogens with zero attached hydrogens (tertiary/aromatic N) is 4. The Kier molecular flexibility index (Phi) is 25.9. The van der Waals surface area contributed by atoms with Crippen LogP contribution in [0, 0.1) is 65.0 Å². The molecule has 532 valence electrons. The third-order valence-electron chi connectivity index (χ3n) is 18.0. The second-order valence-electron chi connectivity index (χ2n) is 26.5. The van der Waals surface area contributed by atoms with Crippen LogP contribution in [0.4, 0.5) is 35.1 Å². The van der Waals surface area contributed by atoms with Crippen molar-refractivity contribution in [3.63, 3.8) is 0 Å². The molecule has 0 bridgehead atoms. The van der Waals surface area contributed by atoms with Crippen LogP contribution < -0.4 is 31.2 Å². The summed E-state index contributed by atoms with van der Waals surface area (Å²) in [5.41, 5.74) is 2.51. The van der Waals surface area contributed by atoms with E-state index in [9.17, 15) is 60.2 Å². The molecule has 16 nitrogen and oxygen atoms in total. The SMILES string of the molecule is CCOC(=O)C[C@H](NC(=O)C(CC(C)C)n1cc(CCN2CCC2)c(C(F)(F)F)cc1=O)c1cc(-c2c(C)cc(OC)cc2C)cc(C)c1F.COc1cc(C)c(-c2cc(C)c(F)c([C@H](CC(=O)O)NC(=O)C(CC(C)C)n3cc(CCN4CCC4)c(C(F)(F)F)cc3=O)c2)c(C)c1. The number of methoxy groups -OCH3 is 2. The summed E-state index contributed by atoms with van der Waals surface area (Å²) >= 11 is 0. The molecule has 0 aliphatic carbocycles. The van der Waals surface area contributed by atoms with Gasteiger partial charge >= 0.3 is 24.3 Å². The summed E-state index contributed by atoms with van der Waals surface area (Å²) in [5.74, 6) is -3.89. The first-order valence-electron chi connectivity index (χ1n) is 33.0. The Morgan fingerprint density at radius 2 is 0.898 bits per heavy atom. The predicted octanol–water partition coefficient (Wildman–Crippen LogP) is 14.0. The van der Waals surface area contributed by atoms with E-state index in [4.69, 9.17) is 14.2 Å². The van der Waals surface area contributed by atoms with Gasteiger partial charge in [0.15, 0.2) is 0 Å². The number of carbonyl (C=O) groups is 4. The van der Waals surface area contributed by atoms with E-state index in [0.29, 0.717) is 47.8 Å². The van der Waals surface area contributed by atoms with Crippen LogP contribution in [0.15, 0.2) is 82.6 Å². The molecule has 2 aliphatic heterocycles. The molecule has 24 heteroatoms. The number of rotatable bonds is 27. The van der Waals surface area contributed by atoms with Gasteiger partial charge in [-0.05, 0) is 240 Å². The van der Waals surface area contributed by atoms with Gasteiger partial charge in [-0.25, -0.2) is 8.78 Å². The third kappa shape index (κ3) is 19.3. The number of aromatic nitrogens is 2. The van der Waals surface area contributed by atoms with Gasteiger partial charge in [0.1, 0.15) is 35.2 Å². The molecule has 4 heterocycles. The summed E-state index contributed by atoms with van der Waals surface area (Å²) in [6, 6.07) is 9.78. The van der Waals surface area contributed by atoms with Gasteiger partial charge in [0, 0.05) is 48.7 Å². The van der Waals surface area contributed by atoms with Crippen molar-refractivity contribution >= 4 is 23.8 Å². The number of halogens is 8. The number of alkyl halides is 6. The Labute approximate surface area is 566 Å². The molecule has 2 saturated heterocycles. The molecule has 6 aromatic rings. The fourth-order valence-corrected chi connectivity index (χ4v) is 12.9. The average molecular weight is 1380 g/mol. The van der Waals surface area contributed by atoms with E-state index in [2.05, 4.69) is 10.6 Å². The lowest BCUT2D eigenvalue weighted by molar-refractivity contribution is -0.144. The van der Waals surface area contributed by atoms with Crippen molar-refractivity contribution in [2.24, 2.45) is 11.8 Å². The van der Waals surface area contributed by atoms with Crippen LogP contribution in [0.2, 0.25) is 0 Å². The molecule has 2 amide bonds. The number of esters is 1. The van der Waals surface area contributed by atoms with Gasteiger partial charge in [0.05, 0.1) is 56.9 Å². The molecule has 2 unspecified atom stereocenters. The number of benzene rings is 4. The largest absolute Gasteiger partial charge is 0.497 e. The van der Waals surface area contributed by atoms with Crippen molar-refractivity contribution in [2.75, 3.05) is 60.1 Å². The molecule has 4 aromatic carbocycles. The van der Waals surface area contributed by atoms with Crippen molar-refractivity contribution in [3.05, 3.63) is 172 Å². The zero-order chi connectivity index (χ0) is 72.4. The van der Waals surface area contributed by atoms with Crippen LogP contribution in [0.3, 0.4) is 0 Å². The topological polar surface area (TPSA) is 191 Å². The Bertz CT molecular complexity index is 3960. The smallest absolute Gasteiger partial charge is 0.416 e. The zero-order valence-corrected chi connectivity index (χ0v) is 57.9. The number of hydrogen-bond donors (Lipinski definition) is 3. The number of aliphatic carboxylic acids is 1. The zero-order valence-electron chi connectivity index (χ0n) is 57.9. The van der Waals surface area contributed by atoms with E-state index in [0.717, 1.165) is 93.9 Å². The van der Waals surface area contributed by atoms with E-state index >= 15 is 8.78 Å². The molecule has 3 N–H and O–H groups in total. The van der Waals surface area contributed by atoms with E-state index in [1.807, 2.05) is 75.6 Å². The molecule has 0 saturated carbocycles. The normalized spacial score (nSPS) is 14.7. The number of amides is 2. The maximum Gasteiger partial charge on any atom is 0.416 e. The van der Waals surface area contributed by atoms with E-state index in [-0.39, 0.29) is 77.5 Å². The molecule has 2 fully saturated rings. The molecular formula is C74H90F8N6O10. The second kappa shape index (κ2) is 33.0. The Morgan fingerprint density at radius 3 is 1.19 bits per heavy atom. The minimum absolute atomic E-state index is 0.0221. The third-order valence-corrected chi connectivity index (χ3v) is 18.0. The fourth-order valence-electron chi connectivity index (χ4n) is 12.9. The lowest BCUT2D eigenvalue weighted by Gasteiger charge is -2.31. The highest BCUT2D eigenvalue weighted by atomic mass is 19.4. The minimum Gasteiger partial charge on any atom is -0.497 e. The maximum atomic E-state index is 16.1. The van der Waals surface area contributed by atoms with Gasteiger partial charge in [-0.3, -0.25) is 28.8 Å². The molecule has 4 atom stereocenters. The Hall–Kier alpha value is -8.38. The Morgan fingerprint density at radius 1 is 0.541 bits per heavy atom. The highest BCUT2D eigenvalue weighted by Crippen LogP contribution is 2.40. The highest BCUT2D eigenvalue weighted by Gasteiger charge is 2.39. The number of hydrogen-bond acceptors (Lipinski definition) is 11. The van der Waals surface area contributed by atoms with Gasteiger partial charge in [0.2, 0.25) is 11.8 Å². The molecule has 0 spiro atoms.